The first-order valence-corrected chi connectivity index (χ1v) is 8.64. The molecule has 0 radical (unpaired) electrons. The number of hydrogen-bond donors (Lipinski definition) is 0. The fourth-order valence-corrected chi connectivity index (χ4v) is 4.17. The number of aryl methyl sites for hydroxylation is 1. The van der Waals surface area contributed by atoms with Crippen molar-refractivity contribution in [2.24, 2.45) is 0 Å². The van der Waals surface area contributed by atoms with E-state index in [0.29, 0.717) is 25.3 Å². The number of benzene rings is 1. The van der Waals surface area contributed by atoms with E-state index in [1.807, 2.05) is 18.2 Å². The Kier molecular flexibility index (Phi) is 3.89. The topological polar surface area (TPSA) is 42.0 Å². The average Bonchev–Trinajstić information content (AvgIpc) is 3.21. The van der Waals surface area contributed by atoms with E-state index < -0.39 is 0 Å². The van der Waals surface area contributed by atoms with Crippen molar-refractivity contribution >= 4 is 5.91 Å². The Balaban J connectivity index is 1.36. The lowest BCUT2D eigenvalue weighted by Gasteiger charge is -2.43. The highest BCUT2D eigenvalue weighted by Crippen LogP contribution is 2.33. The van der Waals surface area contributed by atoms with Gasteiger partial charge in [-0.05, 0) is 50.4 Å². The molecule has 2 unspecified atom stereocenters. The summed E-state index contributed by atoms with van der Waals surface area (Å²) in [7, 11) is 0. The van der Waals surface area contributed by atoms with Crippen molar-refractivity contribution in [3.05, 3.63) is 23.8 Å². The van der Waals surface area contributed by atoms with Crippen LogP contribution in [-0.4, -0.2) is 54.2 Å². The Morgan fingerprint density at radius 2 is 2.09 bits per heavy atom. The Bertz CT molecular complexity index is 604. The second kappa shape index (κ2) is 6.04. The largest absolute Gasteiger partial charge is 0.454 e. The molecular weight excluding hydrogens is 292 g/mol. The van der Waals surface area contributed by atoms with Gasteiger partial charge < -0.3 is 14.4 Å². The van der Waals surface area contributed by atoms with Gasteiger partial charge in [-0.25, -0.2) is 0 Å². The first-order valence-electron chi connectivity index (χ1n) is 8.64. The Morgan fingerprint density at radius 1 is 1.22 bits per heavy atom. The number of hydrogen-bond acceptors (Lipinski definition) is 4. The van der Waals surface area contributed by atoms with Crippen LogP contribution in [0.1, 0.15) is 31.7 Å². The maximum atomic E-state index is 12.7. The van der Waals surface area contributed by atoms with Gasteiger partial charge >= 0.3 is 0 Å². The fourth-order valence-electron chi connectivity index (χ4n) is 4.17. The highest BCUT2D eigenvalue weighted by molar-refractivity contribution is 5.77. The van der Waals surface area contributed by atoms with E-state index in [9.17, 15) is 4.79 Å². The minimum Gasteiger partial charge on any atom is -0.454 e. The van der Waals surface area contributed by atoms with Crippen molar-refractivity contribution in [3.63, 3.8) is 0 Å². The van der Waals surface area contributed by atoms with E-state index in [1.165, 1.54) is 19.4 Å². The molecule has 124 valence electrons. The van der Waals surface area contributed by atoms with Crippen molar-refractivity contribution in [2.45, 2.75) is 44.7 Å². The summed E-state index contributed by atoms with van der Waals surface area (Å²) in [4.78, 5) is 17.3. The molecule has 0 aliphatic carbocycles. The van der Waals surface area contributed by atoms with Crippen molar-refractivity contribution in [3.8, 4) is 11.5 Å². The Hall–Kier alpha value is -1.75. The molecule has 5 nitrogen and oxygen atoms in total. The molecule has 0 saturated carbocycles. The number of carbonyl (C=O) groups is 1. The third-order valence-corrected chi connectivity index (χ3v) is 5.48. The van der Waals surface area contributed by atoms with Crippen LogP contribution in [0.4, 0.5) is 0 Å². The highest BCUT2D eigenvalue weighted by atomic mass is 16.7. The van der Waals surface area contributed by atoms with Gasteiger partial charge in [0.2, 0.25) is 12.7 Å². The zero-order valence-electron chi connectivity index (χ0n) is 13.7. The van der Waals surface area contributed by atoms with Gasteiger partial charge in [0.05, 0.1) is 0 Å². The van der Waals surface area contributed by atoms with E-state index in [0.717, 1.165) is 36.6 Å². The monoisotopic (exact) mass is 316 g/mol. The number of carbonyl (C=O) groups excluding carboxylic acids is 1. The van der Waals surface area contributed by atoms with E-state index in [2.05, 4.69) is 16.7 Å². The predicted molar refractivity (Wildman–Crippen MR) is 86.7 cm³/mol. The molecule has 0 spiro atoms. The van der Waals surface area contributed by atoms with Crippen LogP contribution >= 0.6 is 0 Å². The summed E-state index contributed by atoms with van der Waals surface area (Å²) >= 11 is 0. The van der Waals surface area contributed by atoms with Gasteiger partial charge in [0.25, 0.3) is 0 Å². The predicted octanol–water partition coefficient (Wildman–Crippen LogP) is 2.04. The van der Waals surface area contributed by atoms with Crippen LogP contribution in [0.3, 0.4) is 0 Å². The van der Waals surface area contributed by atoms with E-state index in [-0.39, 0.29) is 5.91 Å². The molecule has 1 aromatic carbocycles. The van der Waals surface area contributed by atoms with E-state index in [4.69, 9.17) is 9.47 Å². The third-order valence-electron chi connectivity index (χ3n) is 5.48. The maximum Gasteiger partial charge on any atom is 0.231 e. The minimum atomic E-state index is 0.279. The van der Waals surface area contributed by atoms with Crippen LogP contribution in [0, 0.1) is 0 Å². The fraction of sp³-hybridized carbons (Fsp3) is 0.611. The van der Waals surface area contributed by atoms with Gasteiger partial charge in [0.15, 0.2) is 11.5 Å². The summed E-state index contributed by atoms with van der Waals surface area (Å²) < 4.78 is 10.7. The van der Waals surface area contributed by atoms with Gasteiger partial charge in [-0.15, -0.1) is 0 Å². The molecule has 0 bridgehead atoms. The van der Waals surface area contributed by atoms with Crippen LogP contribution in [0.15, 0.2) is 18.2 Å². The SMILES string of the molecule is CC1C2CCCN2CCN1C(=O)CCc1ccc2c(c1)OCO2. The lowest BCUT2D eigenvalue weighted by molar-refractivity contribution is -0.137. The number of nitrogens with zero attached hydrogens (tertiary/aromatic N) is 2. The number of ether oxygens (including phenoxy) is 2. The van der Waals surface area contributed by atoms with Crippen LogP contribution in [0.2, 0.25) is 0 Å². The lowest BCUT2D eigenvalue weighted by Crippen LogP contribution is -2.57. The molecule has 3 aliphatic heterocycles. The molecule has 2 fully saturated rings. The zero-order chi connectivity index (χ0) is 15.8. The van der Waals surface area contributed by atoms with Crippen molar-refractivity contribution in [1.29, 1.82) is 0 Å². The Labute approximate surface area is 137 Å². The summed E-state index contributed by atoms with van der Waals surface area (Å²) in [6.45, 7) is 5.61. The molecule has 3 heterocycles. The summed E-state index contributed by atoms with van der Waals surface area (Å²) in [6.07, 6.45) is 3.82. The summed E-state index contributed by atoms with van der Waals surface area (Å²) in [5.41, 5.74) is 1.13. The van der Waals surface area contributed by atoms with Gasteiger partial charge in [0, 0.05) is 31.6 Å². The number of piperazine rings is 1. The van der Waals surface area contributed by atoms with Gasteiger partial charge in [0.1, 0.15) is 0 Å². The first kappa shape index (κ1) is 14.8. The summed E-state index contributed by atoms with van der Waals surface area (Å²) in [6, 6.07) is 6.86. The molecule has 1 amide bonds. The molecule has 0 aromatic heterocycles. The standard InChI is InChI=1S/C18H24N2O3/c1-13-15-3-2-8-19(15)9-10-20(13)18(21)7-5-14-4-6-16-17(11-14)23-12-22-16/h4,6,11,13,15H,2-3,5,7-10,12H2,1H3. The highest BCUT2D eigenvalue weighted by Gasteiger charge is 2.38. The average molecular weight is 316 g/mol. The van der Waals surface area contributed by atoms with Crippen LogP contribution in [0.25, 0.3) is 0 Å². The normalized spacial score (nSPS) is 26.4. The third kappa shape index (κ3) is 2.78. The second-order valence-corrected chi connectivity index (χ2v) is 6.76. The Morgan fingerprint density at radius 3 is 3.00 bits per heavy atom. The molecule has 2 saturated heterocycles. The van der Waals surface area contributed by atoms with Crippen LogP contribution < -0.4 is 9.47 Å². The van der Waals surface area contributed by atoms with E-state index >= 15 is 0 Å². The quantitative estimate of drug-likeness (QED) is 0.856. The molecule has 2 atom stereocenters. The molecule has 4 rings (SSSR count). The molecule has 3 aliphatic rings. The van der Waals surface area contributed by atoms with Gasteiger partial charge in [-0.3, -0.25) is 9.69 Å². The number of amides is 1. The van der Waals surface area contributed by atoms with Crippen LogP contribution in [-0.2, 0) is 11.2 Å². The minimum absolute atomic E-state index is 0.279. The second-order valence-electron chi connectivity index (χ2n) is 6.76. The summed E-state index contributed by atoms with van der Waals surface area (Å²) in [5, 5.41) is 0. The van der Waals surface area contributed by atoms with E-state index in [1.54, 1.807) is 0 Å². The number of fused-ring (bicyclic) bond motifs is 2. The molecule has 5 heteroatoms. The van der Waals surface area contributed by atoms with Gasteiger partial charge in [-0.2, -0.15) is 0 Å². The number of rotatable bonds is 3. The maximum absolute atomic E-state index is 12.7. The lowest BCUT2D eigenvalue weighted by atomic mass is 10.0. The molecular formula is C18H24N2O3. The van der Waals surface area contributed by atoms with Crippen LogP contribution in [0.5, 0.6) is 11.5 Å². The molecule has 0 N–H and O–H groups in total. The summed E-state index contributed by atoms with van der Waals surface area (Å²) in [5.74, 6) is 1.87. The smallest absolute Gasteiger partial charge is 0.231 e. The zero-order valence-corrected chi connectivity index (χ0v) is 13.7. The molecule has 23 heavy (non-hydrogen) atoms. The molecule has 1 aromatic rings. The van der Waals surface area contributed by atoms with Crippen molar-refractivity contribution < 1.29 is 14.3 Å². The van der Waals surface area contributed by atoms with Gasteiger partial charge in [-0.1, -0.05) is 6.07 Å². The van der Waals surface area contributed by atoms with Crippen molar-refractivity contribution in [2.75, 3.05) is 26.4 Å². The first-order chi connectivity index (χ1) is 11.2. The van der Waals surface area contributed by atoms with Crippen molar-refractivity contribution in [1.82, 2.24) is 9.80 Å².